The van der Waals surface area contributed by atoms with Crippen molar-refractivity contribution in [3.05, 3.63) is 30.1 Å². The molecule has 0 saturated heterocycles. The van der Waals surface area contributed by atoms with Crippen LogP contribution in [0.5, 0.6) is 0 Å². The molecule has 0 spiro atoms. The summed E-state index contributed by atoms with van der Waals surface area (Å²) in [7, 11) is 0. The first-order chi connectivity index (χ1) is 21.0. The van der Waals surface area contributed by atoms with Crippen molar-refractivity contribution in [1.29, 1.82) is 0 Å². The number of hydrogen-bond donors (Lipinski definition) is 1. The Morgan fingerprint density at radius 1 is 0.698 bits per heavy atom. The molecule has 0 bridgehead atoms. The zero-order chi connectivity index (χ0) is 31.2. The first-order valence-electron chi connectivity index (χ1n) is 16.5. The molecule has 0 aliphatic carbocycles. The summed E-state index contributed by atoms with van der Waals surface area (Å²) in [6, 6.07) is 5.27. The highest BCUT2D eigenvalue weighted by Gasteiger charge is 2.20. The normalized spacial score (nSPS) is 10.8. The van der Waals surface area contributed by atoms with Gasteiger partial charge < -0.3 is 24.3 Å². The molecular weight excluding hydrogens is 550 g/mol. The second-order valence-corrected chi connectivity index (χ2v) is 10.8. The lowest BCUT2D eigenvalue weighted by Crippen LogP contribution is -2.36. The Balaban J connectivity index is 1.83. The highest BCUT2D eigenvalue weighted by molar-refractivity contribution is 5.90. The second kappa shape index (κ2) is 28.1. The van der Waals surface area contributed by atoms with Crippen LogP contribution in [-0.2, 0) is 30.3 Å². The molecule has 10 nitrogen and oxygen atoms in total. The summed E-state index contributed by atoms with van der Waals surface area (Å²) in [5.41, 5.74) is 0.588. The third-order valence-corrected chi connectivity index (χ3v) is 6.98. The monoisotopic (exact) mass is 607 g/mol. The summed E-state index contributed by atoms with van der Waals surface area (Å²) in [5.74, 6) is -0.425. The van der Waals surface area contributed by atoms with Crippen LogP contribution in [-0.4, -0.2) is 74.2 Å². The van der Waals surface area contributed by atoms with Gasteiger partial charge in [0, 0.05) is 19.7 Å². The number of carbonyl (C=O) groups excluding carboxylic acids is 3. The van der Waals surface area contributed by atoms with Gasteiger partial charge in [-0.1, -0.05) is 103 Å². The molecular formula is C33H57N3O7. The Morgan fingerprint density at radius 3 is 1.72 bits per heavy atom. The van der Waals surface area contributed by atoms with Crippen molar-refractivity contribution < 1.29 is 33.3 Å². The smallest absolute Gasteiger partial charge is 0.416 e. The van der Waals surface area contributed by atoms with Gasteiger partial charge in [0.25, 0.3) is 0 Å². The Bertz CT molecular complexity index is 826. The fourth-order valence-electron chi connectivity index (χ4n) is 4.48. The first-order valence-corrected chi connectivity index (χ1v) is 16.5. The van der Waals surface area contributed by atoms with Gasteiger partial charge in [-0.3, -0.25) is 9.78 Å². The van der Waals surface area contributed by atoms with Crippen molar-refractivity contribution in [3.8, 4) is 0 Å². The average Bonchev–Trinajstić information content (AvgIpc) is 3.00. The van der Waals surface area contributed by atoms with Gasteiger partial charge in [0.05, 0.1) is 38.7 Å². The lowest BCUT2D eigenvalue weighted by atomic mass is 10.0. The summed E-state index contributed by atoms with van der Waals surface area (Å²) in [6.45, 7) is 5.47. The van der Waals surface area contributed by atoms with E-state index in [9.17, 15) is 14.4 Å². The molecule has 0 aliphatic heterocycles. The van der Waals surface area contributed by atoms with Crippen molar-refractivity contribution in [2.24, 2.45) is 0 Å². The number of unbranched alkanes of at least 4 members (excludes halogenated alkanes) is 14. The molecule has 1 N–H and O–H groups in total. The van der Waals surface area contributed by atoms with Crippen LogP contribution >= 0.6 is 0 Å². The molecule has 1 aromatic heterocycles. The lowest BCUT2D eigenvalue weighted by molar-refractivity contribution is -0.127. The molecule has 0 unspecified atom stereocenters. The van der Waals surface area contributed by atoms with E-state index in [2.05, 4.69) is 17.2 Å². The number of rotatable bonds is 27. The standard InChI is InChI=1S/C33H57N3O7/c1-3-4-5-6-7-8-9-10-11-12-13-14-15-16-18-22-35-32(38)42-27-25-40-23-24-41-26-28-43-33(39)36(30(2)37)29-31-20-17-19-21-34-31/h17,19-21H,3-16,18,22-29H2,1-2H3,(H,35,38). The van der Waals surface area contributed by atoms with Gasteiger partial charge in [-0.25, -0.2) is 14.5 Å². The van der Waals surface area contributed by atoms with E-state index in [0.717, 1.165) is 17.7 Å². The van der Waals surface area contributed by atoms with Gasteiger partial charge in [0.1, 0.15) is 13.2 Å². The number of aromatic nitrogens is 1. The molecule has 0 radical (unpaired) electrons. The van der Waals surface area contributed by atoms with E-state index in [1.165, 1.54) is 90.4 Å². The minimum Gasteiger partial charge on any atom is -0.447 e. The number of carbonyl (C=O) groups is 3. The van der Waals surface area contributed by atoms with Crippen LogP contribution in [0.25, 0.3) is 0 Å². The third kappa shape index (κ3) is 23.4. The summed E-state index contributed by atoms with van der Waals surface area (Å²) >= 11 is 0. The van der Waals surface area contributed by atoms with Crippen molar-refractivity contribution in [2.45, 2.75) is 117 Å². The lowest BCUT2D eigenvalue weighted by Gasteiger charge is -2.18. The maximum Gasteiger partial charge on any atom is 0.416 e. The van der Waals surface area contributed by atoms with Crippen LogP contribution < -0.4 is 5.32 Å². The summed E-state index contributed by atoms with van der Waals surface area (Å²) in [6.07, 6.45) is 20.2. The van der Waals surface area contributed by atoms with Crippen LogP contribution in [0, 0.1) is 0 Å². The molecule has 0 aliphatic rings. The number of imide groups is 1. The van der Waals surface area contributed by atoms with E-state index < -0.39 is 18.1 Å². The molecule has 0 saturated carbocycles. The van der Waals surface area contributed by atoms with Gasteiger partial charge in [-0.2, -0.15) is 0 Å². The molecule has 1 heterocycles. The van der Waals surface area contributed by atoms with Gasteiger partial charge in [-0.15, -0.1) is 0 Å². The van der Waals surface area contributed by atoms with Crippen molar-refractivity contribution in [3.63, 3.8) is 0 Å². The number of nitrogens with one attached hydrogen (secondary N) is 1. The second-order valence-electron chi connectivity index (χ2n) is 10.8. The number of pyridine rings is 1. The van der Waals surface area contributed by atoms with E-state index in [0.29, 0.717) is 25.5 Å². The minimum atomic E-state index is -0.743. The Kier molecular flexibility index (Phi) is 25.0. The zero-order valence-electron chi connectivity index (χ0n) is 26.8. The molecule has 0 fully saturated rings. The summed E-state index contributed by atoms with van der Waals surface area (Å²) in [5, 5.41) is 2.78. The van der Waals surface area contributed by atoms with Crippen molar-refractivity contribution >= 4 is 18.1 Å². The maximum absolute atomic E-state index is 12.2. The maximum atomic E-state index is 12.2. The fraction of sp³-hybridized carbons (Fsp3) is 0.758. The summed E-state index contributed by atoms with van der Waals surface area (Å²) < 4.78 is 21.0. The number of alkyl carbamates (subject to hydrolysis) is 1. The molecule has 0 atom stereocenters. The first kappa shape index (κ1) is 38.3. The van der Waals surface area contributed by atoms with E-state index in [1.807, 2.05) is 0 Å². The molecule has 10 heteroatoms. The number of hydrogen-bond acceptors (Lipinski definition) is 8. The molecule has 246 valence electrons. The highest BCUT2D eigenvalue weighted by atomic mass is 16.6. The number of ether oxygens (including phenoxy) is 4. The van der Waals surface area contributed by atoms with Crippen LogP contribution in [0.1, 0.15) is 116 Å². The van der Waals surface area contributed by atoms with Crippen LogP contribution in [0.4, 0.5) is 9.59 Å². The number of amides is 3. The van der Waals surface area contributed by atoms with Gasteiger partial charge >= 0.3 is 12.2 Å². The van der Waals surface area contributed by atoms with Gasteiger partial charge in [0.2, 0.25) is 5.91 Å². The van der Waals surface area contributed by atoms with E-state index in [1.54, 1.807) is 24.4 Å². The topological polar surface area (TPSA) is 116 Å². The zero-order valence-corrected chi connectivity index (χ0v) is 26.8. The van der Waals surface area contributed by atoms with Crippen LogP contribution in [0.2, 0.25) is 0 Å². The average molecular weight is 608 g/mol. The van der Waals surface area contributed by atoms with Crippen LogP contribution in [0.3, 0.4) is 0 Å². The number of nitrogens with zero attached hydrogens (tertiary/aromatic N) is 2. The quantitative estimate of drug-likeness (QED) is 0.104. The highest BCUT2D eigenvalue weighted by Crippen LogP contribution is 2.13. The van der Waals surface area contributed by atoms with E-state index in [-0.39, 0.29) is 33.0 Å². The fourth-order valence-corrected chi connectivity index (χ4v) is 4.48. The van der Waals surface area contributed by atoms with Crippen molar-refractivity contribution in [2.75, 3.05) is 46.2 Å². The third-order valence-electron chi connectivity index (χ3n) is 6.98. The van der Waals surface area contributed by atoms with Gasteiger partial charge in [0.15, 0.2) is 0 Å². The summed E-state index contributed by atoms with van der Waals surface area (Å²) in [4.78, 5) is 40.8. The Morgan fingerprint density at radius 2 is 1.21 bits per heavy atom. The van der Waals surface area contributed by atoms with Gasteiger partial charge in [-0.05, 0) is 18.6 Å². The molecule has 1 aromatic rings. The van der Waals surface area contributed by atoms with Crippen LogP contribution in [0.15, 0.2) is 24.4 Å². The largest absolute Gasteiger partial charge is 0.447 e. The van der Waals surface area contributed by atoms with E-state index >= 15 is 0 Å². The molecule has 3 amide bonds. The minimum absolute atomic E-state index is 0.00741. The van der Waals surface area contributed by atoms with Crippen molar-refractivity contribution in [1.82, 2.24) is 15.2 Å². The predicted octanol–water partition coefficient (Wildman–Crippen LogP) is 7.20. The molecule has 1 rings (SSSR count). The predicted molar refractivity (Wildman–Crippen MR) is 168 cm³/mol. The van der Waals surface area contributed by atoms with E-state index in [4.69, 9.17) is 18.9 Å². The molecule has 0 aromatic carbocycles. The Hall–Kier alpha value is -2.72. The SMILES string of the molecule is CCCCCCCCCCCCCCCCCNC(=O)OCCOCCOCCOC(=O)N(Cc1ccccn1)C(C)=O. The molecule has 43 heavy (non-hydrogen) atoms. The Labute approximate surface area is 259 Å².